The third-order valence-electron chi connectivity index (χ3n) is 3.38. The average molecular weight is 251 g/mol. The van der Waals surface area contributed by atoms with E-state index >= 15 is 0 Å². The van der Waals surface area contributed by atoms with Crippen LogP contribution >= 0.6 is 0 Å². The van der Waals surface area contributed by atoms with E-state index in [1.165, 1.54) is 5.56 Å². The summed E-state index contributed by atoms with van der Waals surface area (Å²) in [6.45, 7) is 4.58. The van der Waals surface area contributed by atoms with Crippen LogP contribution in [0.25, 0.3) is 0 Å². The number of hydrogen-bond acceptors (Lipinski definition) is 4. The summed E-state index contributed by atoms with van der Waals surface area (Å²) < 4.78 is 10.7. The van der Waals surface area contributed by atoms with E-state index in [-0.39, 0.29) is 12.7 Å². The quantitative estimate of drug-likeness (QED) is 0.875. The number of benzene rings is 1. The predicted octanol–water partition coefficient (Wildman–Crippen LogP) is 1.28. The summed E-state index contributed by atoms with van der Waals surface area (Å²) in [5.74, 6) is 0.877. The molecule has 2 atom stereocenters. The van der Waals surface area contributed by atoms with Crippen LogP contribution in [0.1, 0.15) is 12.5 Å². The molecule has 0 bridgehead atoms. The van der Waals surface area contributed by atoms with Gasteiger partial charge in [0.05, 0.1) is 26.4 Å². The van der Waals surface area contributed by atoms with Crippen LogP contribution in [-0.4, -0.2) is 49.0 Å². The topological polar surface area (TPSA) is 41.9 Å². The number of aliphatic hydroxyl groups excluding tert-OH is 1. The first-order valence-corrected chi connectivity index (χ1v) is 6.32. The molecule has 1 saturated heterocycles. The molecule has 1 fully saturated rings. The lowest BCUT2D eigenvalue weighted by Gasteiger charge is -2.37. The Morgan fingerprint density at radius 3 is 2.72 bits per heavy atom. The van der Waals surface area contributed by atoms with Crippen LogP contribution in [0.2, 0.25) is 0 Å². The van der Waals surface area contributed by atoms with Crippen molar-refractivity contribution in [2.24, 2.45) is 0 Å². The van der Waals surface area contributed by atoms with Crippen molar-refractivity contribution < 1.29 is 14.6 Å². The molecular weight excluding hydrogens is 230 g/mol. The zero-order chi connectivity index (χ0) is 13.0. The van der Waals surface area contributed by atoms with Gasteiger partial charge in [-0.3, -0.25) is 4.90 Å². The van der Waals surface area contributed by atoms with E-state index in [1.54, 1.807) is 7.11 Å². The third-order valence-corrected chi connectivity index (χ3v) is 3.38. The van der Waals surface area contributed by atoms with Gasteiger partial charge in [0.1, 0.15) is 5.75 Å². The molecule has 0 radical (unpaired) electrons. The van der Waals surface area contributed by atoms with Gasteiger partial charge >= 0.3 is 0 Å². The molecule has 4 heteroatoms. The Morgan fingerprint density at radius 2 is 2.11 bits per heavy atom. The zero-order valence-electron chi connectivity index (χ0n) is 11.0. The van der Waals surface area contributed by atoms with Crippen LogP contribution in [-0.2, 0) is 11.3 Å². The van der Waals surface area contributed by atoms with Gasteiger partial charge in [-0.15, -0.1) is 0 Å². The molecule has 1 N–H and O–H groups in total. The van der Waals surface area contributed by atoms with E-state index < -0.39 is 0 Å². The lowest BCUT2D eigenvalue weighted by molar-refractivity contribution is -0.0805. The van der Waals surface area contributed by atoms with Crippen LogP contribution in [0.15, 0.2) is 24.3 Å². The van der Waals surface area contributed by atoms with Crippen LogP contribution in [0.3, 0.4) is 0 Å². The summed E-state index contributed by atoms with van der Waals surface area (Å²) in [5, 5.41) is 9.16. The summed E-state index contributed by atoms with van der Waals surface area (Å²) in [7, 11) is 1.67. The molecule has 0 spiro atoms. The first kappa shape index (κ1) is 13.3. The van der Waals surface area contributed by atoms with Gasteiger partial charge in [0.2, 0.25) is 0 Å². The molecule has 1 aliphatic heterocycles. The Balaban J connectivity index is 1.97. The predicted molar refractivity (Wildman–Crippen MR) is 69.7 cm³/mol. The molecule has 4 nitrogen and oxygen atoms in total. The number of rotatable bonds is 4. The Labute approximate surface area is 108 Å². The molecule has 0 saturated carbocycles. The minimum atomic E-state index is -0.0561. The first-order chi connectivity index (χ1) is 8.72. The average Bonchev–Trinajstić information content (AvgIpc) is 2.42. The molecule has 18 heavy (non-hydrogen) atoms. The van der Waals surface area contributed by atoms with Gasteiger partial charge in [0.15, 0.2) is 0 Å². The van der Waals surface area contributed by atoms with E-state index in [2.05, 4.69) is 24.0 Å². The summed E-state index contributed by atoms with van der Waals surface area (Å²) >= 11 is 0. The molecule has 1 aromatic rings. The smallest absolute Gasteiger partial charge is 0.118 e. The van der Waals surface area contributed by atoms with E-state index in [1.807, 2.05) is 12.1 Å². The summed E-state index contributed by atoms with van der Waals surface area (Å²) in [4.78, 5) is 2.34. The summed E-state index contributed by atoms with van der Waals surface area (Å²) in [5.41, 5.74) is 1.25. The zero-order valence-corrected chi connectivity index (χ0v) is 11.0. The van der Waals surface area contributed by atoms with Gasteiger partial charge in [-0.2, -0.15) is 0 Å². The Bertz CT molecular complexity index is 366. The van der Waals surface area contributed by atoms with Gasteiger partial charge in [0.25, 0.3) is 0 Å². The minimum absolute atomic E-state index is 0.0561. The van der Waals surface area contributed by atoms with Crippen LogP contribution in [0.4, 0.5) is 0 Å². The first-order valence-electron chi connectivity index (χ1n) is 6.32. The second-order valence-electron chi connectivity index (χ2n) is 4.76. The number of aliphatic hydroxyl groups is 1. The summed E-state index contributed by atoms with van der Waals surface area (Å²) in [6.07, 6.45) is -0.0561. The SMILES string of the molecule is COc1ccc(CN2C[C@H](CO)OC[C@H]2C)cc1. The lowest BCUT2D eigenvalue weighted by Crippen LogP contribution is -2.48. The van der Waals surface area contributed by atoms with Gasteiger partial charge in [0, 0.05) is 19.1 Å². The fourth-order valence-corrected chi connectivity index (χ4v) is 2.17. The van der Waals surface area contributed by atoms with Gasteiger partial charge in [-0.25, -0.2) is 0 Å². The second kappa shape index (κ2) is 6.18. The number of hydrogen-bond donors (Lipinski definition) is 1. The van der Waals surface area contributed by atoms with Crippen molar-refractivity contribution in [2.75, 3.05) is 26.9 Å². The van der Waals surface area contributed by atoms with Crippen LogP contribution in [0, 0.1) is 0 Å². The molecule has 1 aromatic carbocycles. The second-order valence-corrected chi connectivity index (χ2v) is 4.76. The Kier molecular flexibility index (Phi) is 4.58. The van der Waals surface area contributed by atoms with Crippen LogP contribution < -0.4 is 4.74 Å². The number of morpholine rings is 1. The molecule has 0 aromatic heterocycles. The highest BCUT2D eigenvalue weighted by Gasteiger charge is 2.25. The number of nitrogens with zero attached hydrogens (tertiary/aromatic N) is 1. The molecule has 0 amide bonds. The molecule has 100 valence electrons. The summed E-state index contributed by atoms with van der Waals surface area (Å²) in [6, 6.07) is 8.49. The van der Waals surface area contributed by atoms with Crippen molar-refractivity contribution >= 4 is 0 Å². The van der Waals surface area contributed by atoms with Gasteiger partial charge in [-0.1, -0.05) is 12.1 Å². The third kappa shape index (κ3) is 3.22. The van der Waals surface area contributed by atoms with Crippen molar-refractivity contribution in [3.63, 3.8) is 0 Å². The van der Waals surface area contributed by atoms with Crippen molar-refractivity contribution in [3.05, 3.63) is 29.8 Å². The fourth-order valence-electron chi connectivity index (χ4n) is 2.17. The van der Waals surface area contributed by atoms with Crippen LogP contribution in [0.5, 0.6) is 5.75 Å². The highest BCUT2D eigenvalue weighted by atomic mass is 16.5. The van der Waals surface area contributed by atoms with E-state index in [0.29, 0.717) is 12.6 Å². The van der Waals surface area contributed by atoms with Crippen molar-refractivity contribution in [3.8, 4) is 5.75 Å². The molecule has 2 rings (SSSR count). The molecular formula is C14H21NO3. The number of methoxy groups -OCH3 is 1. The fraction of sp³-hybridized carbons (Fsp3) is 0.571. The maximum atomic E-state index is 9.16. The largest absolute Gasteiger partial charge is 0.497 e. The van der Waals surface area contributed by atoms with Gasteiger partial charge in [-0.05, 0) is 24.6 Å². The van der Waals surface area contributed by atoms with Crippen molar-refractivity contribution in [1.82, 2.24) is 4.90 Å². The minimum Gasteiger partial charge on any atom is -0.497 e. The van der Waals surface area contributed by atoms with Crippen molar-refractivity contribution in [2.45, 2.75) is 25.6 Å². The maximum absolute atomic E-state index is 9.16. The van der Waals surface area contributed by atoms with Gasteiger partial charge < -0.3 is 14.6 Å². The van der Waals surface area contributed by atoms with E-state index in [9.17, 15) is 0 Å². The van der Waals surface area contributed by atoms with E-state index in [0.717, 1.165) is 18.8 Å². The highest BCUT2D eigenvalue weighted by molar-refractivity contribution is 5.27. The number of ether oxygens (including phenoxy) is 2. The maximum Gasteiger partial charge on any atom is 0.118 e. The highest BCUT2D eigenvalue weighted by Crippen LogP contribution is 2.17. The molecule has 1 heterocycles. The normalized spacial score (nSPS) is 25.1. The molecule has 0 unspecified atom stereocenters. The standard InChI is InChI=1S/C14H21NO3/c1-11-10-18-14(9-16)8-15(11)7-12-3-5-13(17-2)6-4-12/h3-6,11,14,16H,7-10H2,1-2H3/t11-,14-/m1/s1. The Hall–Kier alpha value is -1.10. The Morgan fingerprint density at radius 1 is 1.39 bits per heavy atom. The monoisotopic (exact) mass is 251 g/mol. The molecule has 0 aliphatic carbocycles. The lowest BCUT2D eigenvalue weighted by atomic mass is 10.1. The molecule has 1 aliphatic rings. The van der Waals surface area contributed by atoms with Crippen molar-refractivity contribution in [1.29, 1.82) is 0 Å². The van der Waals surface area contributed by atoms with E-state index in [4.69, 9.17) is 14.6 Å².